The summed E-state index contributed by atoms with van der Waals surface area (Å²) in [5, 5.41) is 6.08. The highest BCUT2D eigenvalue weighted by atomic mass is 16.5. The maximum Gasteiger partial charge on any atom is 0.337 e. The Kier molecular flexibility index (Phi) is 7.46. The lowest BCUT2D eigenvalue weighted by molar-refractivity contribution is -0.121. The van der Waals surface area contributed by atoms with Gasteiger partial charge < -0.3 is 15.4 Å². The molecule has 0 spiro atoms. The maximum atomic E-state index is 11.5. The Hall–Kier alpha value is -1.88. The Morgan fingerprint density at radius 2 is 1.86 bits per heavy atom. The lowest BCUT2D eigenvalue weighted by atomic mass is 10.1. The van der Waals surface area contributed by atoms with E-state index < -0.39 is 0 Å². The van der Waals surface area contributed by atoms with Gasteiger partial charge in [-0.05, 0) is 23.6 Å². The molecular formula is C16H24N2O3. The van der Waals surface area contributed by atoms with Crippen molar-refractivity contribution in [1.29, 1.82) is 0 Å². The number of carbonyl (C=O) groups is 2. The molecule has 0 bridgehead atoms. The highest BCUT2D eigenvalue weighted by Gasteiger charge is 2.04. The summed E-state index contributed by atoms with van der Waals surface area (Å²) in [7, 11) is 1.36. The number of carbonyl (C=O) groups excluding carboxylic acids is 2. The van der Waals surface area contributed by atoms with Gasteiger partial charge in [0.1, 0.15) is 0 Å². The smallest absolute Gasteiger partial charge is 0.337 e. The van der Waals surface area contributed by atoms with Crippen molar-refractivity contribution in [1.82, 2.24) is 10.6 Å². The molecular weight excluding hydrogens is 268 g/mol. The third-order valence-corrected chi connectivity index (χ3v) is 2.94. The number of esters is 1. The molecule has 0 heterocycles. The molecule has 1 rings (SSSR count). The molecule has 5 nitrogen and oxygen atoms in total. The summed E-state index contributed by atoms with van der Waals surface area (Å²) in [5.74, 6) is 0.198. The van der Waals surface area contributed by atoms with Crippen molar-refractivity contribution in [3.05, 3.63) is 35.4 Å². The van der Waals surface area contributed by atoms with E-state index in [2.05, 4.69) is 29.2 Å². The summed E-state index contributed by atoms with van der Waals surface area (Å²) >= 11 is 0. The van der Waals surface area contributed by atoms with Crippen LogP contribution >= 0.6 is 0 Å². The summed E-state index contributed by atoms with van der Waals surface area (Å²) in [6, 6.07) is 7.21. The third-order valence-electron chi connectivity index (χ3n) is 2.94. The summed E-state index contributed by atoms with van der Waals surface area (Å²) in [6.07, 6.45) is 0.465. The molecule has 1 aromatic carbocycles. The molecule has 0 aliphatic heterocycles. The van der Waals surface area contributed by atoms with E-state index >= 15 is 0 Å². The van der Waals surface area contributed by atoms with Crippen LogP contribution in [0.4, 0.5) is 0 Å². The SMILES string of the molecule is COC(=O)c1ccc(CNCCC(=O)NCC(C)C)cc1. The Balaban J connectivity index is 2.23. The first kappa shape index (κ1) is 17.2. The van der Waals surface area contributed by atoms with Gasteiger partial charge in [0.05, 0.1) is 12.7 Å². The lowest BCUT2D eigenvalue weighted by Gasteiger charge is -2.08. The minimum Gasteiger partial charge on any atom is -0.465 e. The van der Waals surface area contributed by atoms with Crippen molar-refractivity contribution < 1.29 is 14.3 Å². The first-order valence-electron chi connectivity index (χ1n) is 7.17. The van der Waals surface area contributed by atoms with E-state index in [0.717, 1.165) is 5.56 Å². The Morgan fingerprint density at radius 1 is 1.19 bits per heavy atom. The van der Waals surface area contributed by atoms with E-state index in [0.29, 0.717) is 37.5 Å². The van der Waals surface area contributed by atoms with Gasteiger partial charge in [-0.3, -0.25) is 4.79 Å². The molecule has 0 aliphatic rings. The van der Waals surface area contributed by atoms with Crippen LogP contribution in [0.1, 0.15) is 36.2 Å². The predicted octanol–water partition coefficient (Wildman–Crippen LogP) is 1.73. The molecule has 1 aromatic rings. The number of ether oxygens (including phenoxy) is 1. The third kappa shape index (κ3) is 6.90. The van der Waals surface area contributed by atoms with Crippen molar-refractivity contribution in [2.45, 2.75) is 26.8 Å². The molecule has 0 atom stereocenters. The zero-order chi connectivity index (χ0) is 15.7. The van der Waals surface area contributed by atoms with Gasteiger partial charge >= 0.3 is 5.97 Å². The van der Waals surface area contributed by atoms with Crippen molar-refractivity contribution >= 4 is 11.9 Å². The van der Waals surface area contributed by atoms with Gasteiger partial charge in [0.15, 0.2) is 0 Å². The quantitative estimate of drug-likeness (QED) is 0.565. The van der Waals surface area contributed by atoms with E-state index in [4.69, 9.17) is 0 Å². The number of rotatable bonds is 8. The predicted molar refractivity (Wildman–Crippen MR) is 82.0 cm³/mol. The molecule has 0 fully saturated rings. The van der Waals surface area contributed by atoms with Crippen LogP contribution in [0.2, 0.25) is 0 Å². The van der Waals surface area contributed by atoms with Crippen LogP contribution in [0.25, 0.3) is 0 Å². The van der Waals surface area contributed by atoms with Crippen LogP contribution < -0.4 is 10.6 Å². The normalized spacial score (nSPS) is 10.5. The highest BCUT2D eigenvalue weighted by molar-refractivity contribution is 5.89. The number of hydrogen-bond donors (Lipinski definition) is 2. The minimum atomic E-state index is -0.337. The summed E-state index contributed by atoms with van der Waals surface area (Å²) in [6.45, 7) is 6.14. The largest absolute Gasteiger partial charge is 0.465 e. The molecule has 2 N–H and O–H groups in total. The van der Waals surface area contributed by atoms with E-state index in [1.807, 2.05) is 12.1 Å². The second kappa shape index (κ2) is 9.13. The summed E-state index contributed by atoms with van der Waals surface area (Å²) in [4.78, 5) is 22.8. The number of hydrogen-bond acceptors (Lipinski definition) is 4. The van der Waals surface area contributed by atoms with Crippen molar-refractivity contribution in [2.24, 2.45) is 5.92 Å². The molecule has 0 aliphatic carbocycles. The van der Waals surface area contributed by atoms with Crippen LogP contribution in [0.15, 0.2) is 24.3 Å². The Labute approximate surface area is 126 Å². The number of methoxy groups -OCH3 is 1. The summed E-state index contributed by atoms with van der Waals surface area (Å²) in [5.41, 5.74) is 1.60. The number of amides is 1. The van der Waals surface area contributed by atoms with Crippen molar-refractivity contribution in [3.8, 4) is 0 Å². The standard InChI is InChI=1S/C16H24N2O3/c1-12(2)10-18-15(19)8-9-17-11-13-4-6-14(7-5-13)16(20)21-3/h4-7,12,17H,8-11H2,1-3H3,(H,18,19). The molecule has 116 valence electrons. The molecule has 0 aromatic heterocycles. The molecule has 0 saturated heterocycles. The fourth-order valence-electron chi connectivity index (χ4n) is 1.72. The number of benzene rings is 1. The maximum absolute atomic E-state index is 11.5. The molecule has 5 heteroatoms. The molecule has 0 saturated carbocycles. The second-order valence-corrected chi connectivity index (χ2v) is 5.31. The molecule has 1 amide bonds. The number of nitrogens with one attached hydrogen (secondary N) is 2. The van der Waals surface area contributed by atoms with Gasteiger partial charge in [0, 0.05) is 26.1 Å². The van der Waals surface area contributed by atoms with Crippen LogP contribution in [0.5, 0.6) is 0 Å². The van der Waals surface area contributed by atoms with E-state index in [1.54, 1.807) is 12.1 Å². The first-order chi connectivity index (χ1) is 10.0. The minimum absolute atomic E-state index is 0.0669. The van der Waals surface area contributed by atoms with Crippen LogP contribution in [0.3, 0.4) is 0 Å². The van der Waals surface area contributed by atoms with Gasteiger partial charge in [-0.1, -0.05) is 26.0 Å². The zero-order valence-corrected chi connectivity index (χ0v) is 12.9. The topological polar surface area (TPSA) is 67.4 Å². The van der Waals surface area contributed by atoms with Crippen LogP contribution in [-0.2, 0) is 16.1 Å². The fourth-order valence-corrected chi connectivity index (χ4v) is 1.72. The van der Waals surface area contributed by atoms with Gasteiger partial charge in [0.25, 0.3) is 0 Å². The fraction of sp³-hybridized carbons (Fsp3) is 0.500. The van der Waals surface area contributed by atoms with Gasteiger partial charge in [-0.25, -0.2) is 4.79 Å². The summed E-state index contributed by atoms with van der Waals surface area (Å²) < 4.78 is 4.64. The zero-order valence-electron chi connectivity index (χ0n) is 12.9. The second-order valence-electron chi connectivity index (χ2n) is 5.31. The van der Waals surface area contributed by atoms with E-state index in [-0.39, 0.29) is 11.9 Å². The highest BCUT2D eigenvalue weighted by Crippen LogP contribution is 2.05. The van der Waals surface area contributed by atoms with E-state index in [1.165, 1.54) is 7.11 Å². The average molecular weight is 292 g/mol. The van der Waals surface area contributed by atoms with Crippen LogP contribution in [0, 0.1) is 5.92 Å². The van der Waals surface area contributed by atoms with Crippen molar-refractivity contribution in [2.75, 3.05) is 20.2 Å². The first-order valence-corrected chi connectivity index (χ1v) is 7.17. The molecule has 0 radical (unpaired) electrons. The Morgan fingerprint density at radius 3 is 2.43 bits per heavy atom. The van der Waals surface area contributed by atoms with Gasteiger partial charge in [-0.15, -0.1) is 0 Å². The van der Waals surface area contributed by atoms with Gasteiger partial charge in [0.2, 0.25) is 5.91 Å². The van der Waals surface area contributed by atoms with Crippen LogP contribution in [-0.4, -0.2) is 32.1 Å². The van der Waals surface area contributed by atoms with E-state index in [9.17, 15) is 9.59 Å². The molecule has 21 heavy (non-hydrogen) atoms. The Bertz CT molecular complexity index is 455. The molecule has 0 unspecified atom stereocenters. The average Bonchev–Trinajstić information content (AvgIpc) is 2.49. The van der Waals surface area contributed by atoms with Crippen molar-refractivity contribution in [3.63, 3.8) is 0 Å². The monoisotopic (exact) mass is 292 g/mol. The lowest BCUT2D eigenvalue weighted by Crippen LogP contribution is -2.30. The van der Waals surface area contributed by atoms with Gasteiger partial charge in [-0.2, -0.15) is 0 Å².